The molecule has 10 heteroatoms. The molecule has 30 heavy (non-hydrogen) atoms. The van der Waals surface area contributed by atoms with Crippen LogP contribution in [-0.4, -0.2) is 52.2 Å². The molecule has 1 fully saturated rings. The highest BCUT2D eigenvalue weighted by Crippen LogP contribution is 2.40. The quantitative estimate of drug-likeness (QED) is 0.442. The van der Waals surface area contributed by atoms with Gasteiger partial charge in [0.2, 0.25) is 15.9 Å². The number of carbonyl (C=O) groups excluding carboxylic acids is 1. The molecule has 162 valence electrons. The number of benzene rings is 1. The number of rotatable bonds is 10. The van der Waals surface area contributed by atoms with Crippen LogP contribution in [0.1, 0.15) is 38.4 Å². The summed E-state index contributed by atoms with van der Waals surface area (Å²) < 4.78 is 28.4. The molecule has 2 aromatic rings. The number of hydrogen-bond acceptors (Lipinski definition) is 6. The van der Waals surface area contributed by atoms with Crippen LogP contribution in [0.25, 0.3) is 0 Å². The predicted octanol–water partition coefficient (Wildman–Crippen LogP) is 3.10. The Morgan fingerprint density at radius 1 is 1.33 bits per heavy atom. The second kappa shape index (κ2) is 9.32. The van der Waals surface area contributed by atoms with Crippen LogP contribution in [0.2, 0.25) is 0 Å². The van der Waals surface area contributed by atoms with E-state index in [1.54, 1.807) is 25.3 Å². The van der Waals surface area contributed by atoms with Gasteiger partial charge in [-0.15, -0.1) is 16.8 Å². The van der Waals surface area contributed by atoms with Gasteiger partial charge in [-0.05, 0) is 51.0 Å². The molecule has 0 radical (unpaired) electrons. The summed E-state index contributed by atoms with van der Waals surface area (Å²) in [5, 5.41) is 12.0. The maximum atomic E-state index is 12.5. The van der Waals surface area contributed by atoms with Crippen LogP contribution >= 0.6 is 11.8 Å². The Kier molecular flexibility index (Phi) is 6.99. The van der Waals surface area contributed by atoms with Gasteiger partial charge in [0.1, 0.15) is 5.82 Å². The zero-order valence-corrected chi connectivity index (χ0v) is 19.0. The molecular weight excluding hydrogens is 422 g/mol. The molecule has 0 aliphatic heterocycles. The van der Waals surface area contributed by atoms with Crippen LogP contribution in [0.3, 0.4) is 0 Å². The lowest BCUT2D eigenvalue weighted by atomic mass is 10.3. The van der Waals surface area contributed by atoms with Gasteiger partial charge in [0.15, 0.2) is 5.16 Å². The SMILES string of the molecule is C=CCn1c(SCC(=O)Nc2ccc(S(=O)(=O)N(C)C(C)C)cc2)nnc1C1CC1. The Morgan fingerprint density at radius 2 is 2.00 bits per heavy atom. The minimum absolute atomic E-state index is 0.144. The lowest BCUT2D eigenvalue weighted by Gasteiger charge is -2.21. The number of thioether (sulfide) groups is 1. The van der Waals surface area contributed by atoms with Crippen LogP contribution in [0.5, 0.6) is 0 Å². The van der Waals surface area contributed by atoms with Crippen molar-refractivity contribution in [2.75, 3.05) is 18.1 Å². The molecule has 1 heterocycles. The molecule has 1 aliphatic rings. The Balaban J connectivity index is 1.60. The average Bonchev–Trinajstić information content (AvgIpc) is 3.48. The van der Waals surface area contributed by atoms with Gasteiger partial charge in [-0.1, -0.05) is 17.8 Å². The molecule has 1 aromatic carbocycles. The molecule has 1 N–H and O–H groups in total. The normalized spacial score (nSPS) is 14.3. The van der Waals surface area contributed by atoms with E-state index >= 15 is 0 Å². The molecule has 1 aliphatic carbocycles. The highest BCUT2D eigenvalue weighted by molar-refractivity contribution is 7.99. The molecule has 1 aromatic heterocycles. The summed E-state index contributed by atoms with van der Waals surface area (Å²) in [7, 11) is -2.00. The number of carbonyl (C=O) groups is 1. The third-order valence-corrected chi connectivity index (χ3v) is 7.89. The Hall–Kier alpha value is -2.17. The van der Waals surface area contributed by atoms with Crippen LogP contribution in [-0.2, 0) is 21.4 Å². The Morgan fingerprint density at radius 3 is 2.57 bits per heavy atom. The van der Waals surface area contributed by atoms with E-state index in [1.165, 1.54) is 28.2 Å². The monoisotopic (exact) mass is 449 g/mol. The Bertz CT molecular complexity index is 1010. The van der Waals surface area contributed by atoms with E-state index in [0.717, 1.165) is 18.7 Å². The summed E-state index contributed by atoms with van der Waals surface area (Å²) in [5.41, 5.74) is 0.540. The van der Waals surface area contributed by atoms with Crippen molar-refractivity contribution < 1.29 is 13.2 Å². The molecule has 1 saturated carbocycles. The second-order valence-corrected chi connectivity index (χ2v) is 10.4. The first-order valence-corrected chi connectivity index (χ1v) is 12.2. The van der Waals surface area contributed by atoms with E-state index < -0.39 is 10.0 Å². The van der Waals surface area contributed by atoms with Crippen LogP contribution < -0.4 is 5.32 Å². The molecule has 3 rings (SSSR count). The van der Waals surface area contributed by atoms with Crippen molar-refractivity contribution in [1.29, 1.82) is 0 Å². The average molecular weight is 450 g/mol. The molecular formula is C20H27N5O3S2. The molecule has 0 unspecified atom stereocenters. The van der Waals surface area contributed by atoms with Gasteiger partial charge in [0.05, 0.1) is 10.6 Å². The predicted molar refractivity (Wildman–Crippen MR) is 118 cm³/mol. The molecule has 8 nitrogen and oxygen atoms in total. The van der Waals surface area contributed by atoms with Gasteiger partial charge in [-0.3, -0.25) is 4.79 Å². The third kappa shape index (κ3) is 5.11. The summed E-state index contributed by atoms with van der Waals surface area (Å²) in [6.07, 6.45) is 4.05. The lowest BCUT2D eigenvalue weighted by molar-refractivity contribution is -0.113. The van der Waals surface area contributed by atoms with Gasteiger partial charge in [-0.2, -0.15) is 4.31 Å². The fourth-order valence-electron chi connectivity index (χ4n) is 2.83. The van der Waals surface area contributed by atoms with Gasteiger partial charge in [0, 0.05) is 31.2 Å². The van der Waals surface area contributed by atoms with E-state index in [2.05, 4.69) is 22.1 Å². The van der Waals surface area contributed by atoms with E-state index in [-0.39, 0.29) is 22.6 Å². The van der Waals surface area contributed by atoms with Crippen molar-refractivity contribution in [3.8, 4) is 0 Å². The minimum atomic E-state index is -3.55. The largest absolute Gasteiger partial charge is 0.325 e. The first kappa shape index (κ1) is 22.5. The fourth-order valence-corrected chi connectivity index (χ4v) is 4.95. The molecule has 0 saturated heterocycles. The zero-order chi connectivity index (χ0) is 21.9. The summed E-state index contributed by atoms with van der Waals surface area (Å²) in [5.74, 6) is 1.40. The zero-order valence-electron chi connectivity index (χ0n) is 17.4. The van der Waals surface area contributed by atoms with E-state index in [1.807, 2.05) is 18.4 Å². The van der Waals surface area contributed by atoms with Crippen LogP contribution in [0.4, 0.5) is 5.69 Å². The number of amides is 1. The number of anilines is 1. The van der Waals surface area contributed by atoms with Crippen molar-refractivity contribution in [1.82, 2.24) is 19.1 Å². The van der Waals surface area contributed by atoms with Gasteiger partial charge in [-0.25, -0.2) is 8.42 Å². The Labute approximate surface area is 181 Å². The first-order chi connectivity index (χ1) is 14.2. The highest BCUT2D eigenvalue weighted by Gasteiger charge is 2.30. The number of aromatic nitrogens is 3. The summed E-state index contributed by atoms with van der Waals surface area (Å²) in [6, 6.07) is 6.04. The summed E-state index contributed by atoms with van der Waals surface area (Å²) in [4.78, 5) is 12.5. The van der Waals surface area contributed by atoms with Crippen molar-refractivity contribution in [2.24, 2.45) is 0 Å². The first-order valence-electron chi connectivity index (χ1n) is 9.78. The van der Waals surface area contributed by atoms with Gasteiger partial charge >= 0.3 is 0 Å². The lowest BCUT2D eigenvalue weighted by Crippen LogP contribution is -2.33. The van der Waals surface area contributed by atoms with E-state index in [9.17, 15) is 13.2 Å². The number of nitrogens with one attached hydrogen (secondary N) is 1. The van der Waals surface area contributed by atoms with Crippen molar-refractivity contribution in [2.45, 2.75) is 55.2 Å². The second-order valence-electron chi connectivity index (χ2n) is 7.49. The van der Waals surface area contributed by atoms with Crippen LogP contribution in [0, 0.1) is 0 Å². The third-order valence-electron chi connectivity index (χ3n) is 4.87. The van der Waals surface area contributed by atoms with Crippen molar-refractivity contribution in [3.05, 3.63) is 42.7 Å². The molecule has 0 atom stereocenters. The summed E-state index contributed by atoms with van der Waals surface area (Å²) in [6.45, 7) is 8.02. The molecule has 1 amide bonds. The molecule has 0 bridgehead atoms. The summed E-state index contributed by atoms with van der Waals surface area (Å²) >= 11 is 1.32. The van der Waals surface area contributed by atoms with E-state index in [0.29, 0.717) is 23.3 Å². The van der Waals surface area contributed by atoms with Gasteiger partial charge in [0.25, 0.3) is 0 Å². The topological polar surface area (TPSA) is 97.2 Å². The van der Waals surface area contributed by atoms with Gasteiger partial charge < -0.3 is 9.88 Å². The smallest absolute Gasteiger partial charge is 0.243 e. The number of sulfonamides is 1. The number of hydrogen-bond donors (Lipinski definition) is 1. The van der Waals surface area contributed by atoms with Crippen molar-refractivity contribution >= 4 is 33.4 Å². The minimum Gasteiger partial charge on any atom is -0.325 e. The maximum absolute atomic E-state index is 12.5. The number of nitrogens with zero attached hydrogens (tertiary/aromatic N) is 4. The van der Waals surface area contributed by atoms with Crippen molar-refractivity contribution in [3.63, 3.8) is 0 Å². The molecule has 0 spiro atoms. The highest BCUT2D eigenvalue weighted by atomic mass is 32.2. The fraction of sp³-hybridized carbons (Fsp3) is 0.450. The number of allylic oxidation sites excluding steroid dienone is 1. The standard InChI is InChI=1S/C20H27N5O3S2/c1-5-12-25-19(15-6-7-15)22-23-20(25)29-13-18(26)21-16-8-10-17(11-9-16)30(27,28)24(4)14(2)3/h5,8-11,14-15H,1,6-7,12-13H2,2-4H3,(H,21,26). The maximum Gasteiger partial charge on any atom is 0.243 e. The van der Waals surface area contributed by atoms with Crippen LogP contribution in [0.15, 0.2) is 47.0 Å². The van der Waals surface area contributed by atoms with E-state index in [4.69, 9.17) is 0 Å².